The van der Waals surface area contributed by atoms with E-state index in [1.54, 1.807) is 18.2 Å². The third-order valence-electron chi connectivity index (χ3n) is 4.67. The van der Waals surface area contributed by atoms with Gasteiger partial charge in [-0.15, -0.1) is 0 Å². The summed E-state index contributed by atoms with van der Waals surface area (Å²) in [6.45, 7) is 2.37. The van der Waals surface area contributed by atoms with Crippen molar-refractivity contribution in [1.82, 2.24) is 0 Å². The Labute approximate surface area is 172 Å². The van der Waals surface area contributed by atoms with Gasteiger partial charge in [-0.1, -0.05) is 31.2 Å². The van der Waals surface area contributed by atoms with Crippen molar-refractivity contribution in [1.29, 1.82) is 0 Å². The first kappa shape index (κ1) is 21.0. The van der Waals surface area contributed by atoms with E-state index in [9.17, 15) is 19.7 Å². The molecular formula is C22H22N2O6. The number of esters is 1. The van der Waals surface area contributed by atoms with Gasteiger partial charge in [0.15, 0.2) is 0 Å². The lowest BCUT2D eigenvalue weighted by Gasteiger charge is -2.09. The topological polar surface area (TPSA) is 112 Å². The summed E-state index contributed by atoms with van der Waals surface area (Å²) >= 11 is 0. The number of hydrogen-bond donors (Lipinski definition) is 1. The molecular weight excluding hydrogens is 388 g/mol. The molecule has 0 fully saturated rings. The minimum Gasteiger partial charge on any atom is -0.461 e. The van der Waals surface area contributed by atoms with Crippen LogP contribution in [0.5, 0.6) is 0 Å². The minimum absolute atomic E-state index is 0.0129. The maximum Gasteiger partial charge on any atom is 0.336 e. The van der Waals surface area contributed by atoms with Crippen molar-refractivity contribution in [2.24, 2.45) is 0 Å². The highest BCUT2D eigenvalue weighted by molar-refractivity contribution is 5.81. The van der Waals surface area contributed by atoms with Crippen LogP contribution in [0.4, 0.5) is 11.4 Å². The van der Waals surface area contributed by atoms with Crippen molar-refractivity contribution >= 4 is 28.3 Å². The second-order valence-electron chi connectivity index (χ2n) is 6.74. The van der Waals surface area contributed by atoms with Crippen molar-refractivity contribution in [2.75, 3.05) is 11.9 Å². The fourth-order valence-corrected chi connectivity index (χ4v) is 3.08. The van der Waals surface area contributed by atoms with E-state index in [1.807, 2.05) is 25.1 Å². The van der Waals surface area contributed by atoms with Gasteiger partial charge in [-0.05, 0) is 30.5 Å². The molecule has 0 amide bonds. The monoisotopic (exact) mass is 410 g/mol. The molecule has 30 heavy (non-hydrogen) atoms. The summed E-state index contributed by atoms with van der Waals surface area (Å²) in [5.41, 5.74) is 2.02. The SMILES string of the molecule is CCc1ccc2c(COC(=O)CCCNc3ccccc3[N+](=O)[O-])cc(=O)oc2c1. The molecule has 0 spiro atoms. The zero-order chi connectivity index (χ0) is 21.5. The van der Waals surface area contributed by atoms with E-state index in [4.69, 9.17) is 9.15 Å². The highest BCUT2D eigenvalue weighted by Gasteiger charge is 2.12. The zero-order valence-corrected chi connectivity index (χ0v) is 16.6. The van der Waals surface area contributed by atoms with Crippen LogP contribution in [-0.2, 0) is 22.6 Å². The van der Waals surface area contributed by atoms with Gasteiger partial charge >= 0.3 is 11.6 Å². The molecule has 0 radical (unpaired) electrons. The fourth-order valence-electron chi connectivity index (χ4n) is 3.08. The number of hydrogen-bond acceptors (Lipinski definition) is 7. The van der Waals surface area contributed by atoms with Crippen LogP contribution < -0.4 is 10.9 Å². The van der Waals surface area contributed by atoms with E-state index >= 15 is 0 Å². The van der Waals surface area contributed by atoms with Gasteiger partial charge in [0.05, 0.1) is 4.92 Å². The Hall–Kier alpha value is -3.68. The number of nitrogens with zero attached hydrogens (tertiary/aromatic N) is 1. The van der Waals surface area contributed by atoms with Gasteiger partial charge < -0.3 is 14.5 Å². The Morgan fingerprint density at radius 1 is 1.20 bits per heavy atom. The number of fused-ring (bicyclic) bond motifs is 1. The normalized spacial score (nSPS) is 10.7. The van der Waals surface area contributed by atoms with Gasteiger partial charge in [0.1, 0.15) is 17.9 Å². The Morgan fingerprint density at radius 2 is 2.00 bits per heavy atom. The Kier molecular flexibility index (Phi) is 6.79. The predicted molar refractivity (Wildman–Crippen MR) is 112 cm³/mol. The minimum atomic E-state index is -0.490. The van der Waals surface area contributed by atoms with Crippen molar-refractivity contribution < 1.29 is 18.9 Å². The number of carbonyl (C=O) groups excluding carboxylic acids is 1. The Bertz CT molecular complexity index is 1120. The summed E-state index contributed by atoms with van der Waals surface area (Å²) < 4.78 is 10.6. The lowest BCUT2D eigenvalue weighted by Crippen LogP contribution is -2.10. The maximum atomic E-state index is 12.1. The number of rotatable bonds is 9. The number of benzene rings is 2. The number of carbonyl (C=O) groups is 1. The largest absolute Gasteiger partial charge is 0.461 e. The quantitative estimate of drug-likeness (QED) is 0.185. The van der Waals surface area contributed by atoms with Crippen LogP contribution in [0.15, 0.2) is 57.7 Å². The first-order valence-electron chi connectivity index (χ1n) is 9.66. The number of nitro benzene ring substituents is 1. The number of nitrogens with one attached hydrogen (secondary N) is 1. The zero-order valence-electron chi connectivity index (χ0n) is 16.6. The molecule has 156 valence electrons. The van der Waals surface area contributed by atoms with Crippen molar-refractivity contribution in [3.8, 4) is 0 Å². The van der Waals surface area contributed by atoms with Gasteiger partial charge in [-0.3, -0.25) is 14.9 Å². The van der Waals surface area contributed by atoms with Crippen LogP contribution in [0.3, 0.4) is 0 Å². The van der Waals surface area contributed by atoms with Crippen molar-refractivity contribution in [3.63, 3.8) is 0 Å². The molecule has 0 unspecified atom stereocenters. The van der Waals surface area contributed by atoms with Gasteiger partial charge in [0.2, 0.25) is 0 Å². The average Bonchev–Trinajstić information content (AvgIpc) is 2.74. The summed E-state index contributed by atoms with van der Waals surface area (Å²) in [5.74, 6) is -0.411. The van der Waals surface area contributed by atoms with Gasteiger partial charge in [-0.2, -0.15) is 0 Å². The predicted octanol–water partition coefficient (Wildman–Crippen LogP) is 4.20. The maximum absolute atomic E-state index is 12.1. The number of nitro groups is 1. The molecule has 1 heterocycles. The van der Waals surface area contributed by atoms with Crippen LogP contribution in [0.25, 0.3) is 11.0 Å². The summed E-state index contributed by atoms with van der Waals surface area (Å²) in [5, 5.41) is 14.7. The van der Waals surface area contributed by atoms with Crippen LogP contribution in [0, 0.1) is 10.1 Å². The molecule has 8 heteroatoms. The van der Waals surface area contributed by atoms with Crippen molar-refractivity contribution in [2.45, 2.75) is 32.8 Å². The summed E-state index contributed by atoms with van der Waals surface area (Å²) in [4.78, 5) is 34.4. The van der Waals surface area contributed by atoms with Gasteiger partial charge in [-0.25, -0.2) is 4.79 Å². The molecule has 0 atom stereocenters. The van der Waals surface area contributed by atoms with E-state index in [-0.39, 0.29) is 18.7 Å². The molecule has 3 rings (SSSR count). The smallest absolute Gasteiger partial charge is 0.336 e. The van der Waals surface area contributed by atoms with E-state index < -0.39 is 16.5 Å². The average molecular weight is 410 g/mol. The molecule has 0 aliphatic heterocycles. The molecule has 0 saturated carbocycles. The molecule has 1 N–H and O–H groups in total. The number of anilines is 1. The highest BCUT2D eigenvalue weighted by atomic mass is 16.6. The Morgan fingerprint density at radius 3 is 2.77 bits per heavy atom. The first-order valence-corrected chi connectivity index (χ1v) is 9.66. The molecule has 0 saturated heterocycles. The summed E-state index contributed by atoms with van der Waals surface area (Å²) in [6, 6.07) is 13.3. The molecule has 1 aromatic heterocycles. The van der Waals surface area contributed by atoms with E-state index in [1.165, 1.54) is 12.1 Å². The number of aryl methyl sites for hydroxylation is 1. The third-order valence-corrected chi connectivity index (χ3v) is 4.67. The van der Waals surface area contributed by atoms with Crippen molar-refractivity contribution in [3.05, 3.63) is 80.2 Å². The second kappa shape index (κ2) is 9.69. The first-order chi connectivity index (χ1) is 14.5. The van der Waals surface area contributed by atoms with E-state index in [0.29, 0.717) is 29.8 Å². The number of ether oxygens (including phenoxy) is 1. The van der Waals surface area contributed by atoms with Gasteiger partial charge in [0, 0.05) is 36.0 Å². The molecule has 0 aliphatic carbocycles. The Balaban J connectivity index is 1.53. The summed E-state index contributed by atoms with van der Waals surface area (Å²) in [7, 11) is 0. The fraction of sp³-hybridized carbons (Fsp3) is 0.273. The molecule has 2 aromatic carbocycles. The van der Waals surface area contributed by atoms with Gasteiger partial charge in [0.25, 0.3) is 5.69 Å². The van der Waals surface area contributed by atoms with Crippen LogP contribution in [-0.4, -0.2) is 17.4 Å². The number of para-hydroxylation sites is 2. The van der Waals surface area contributed by atoms with E-state index in [0.717, 1.165) is 17.4 Å². The third kappa shape index (κ3) is 5.22. The molecule has 8 nitrogen and oxygen atoms in total. The standard InChI is InChI=1S/C22H22N2O6/c1-2-15-9-10-17-16(13-22(26)30-20(17)12-15)14-29-21(25)8-5-11-23-18-6-3-4-7-19(18)24(27)28/h3-4,6-7,9-10,12-13,23H,2,5,8,11,14H2,1H3. The molecule has 0 aliphatic rings. The lowest BCUT2D eigenvalue weighted by molar-refractivity contribution is -0.384. The molecule has 0 bridgehead atoms. The van der Waals surface area contributed by atoms with Crippen LogP contribution >= 0.6 is 0 Å². The van der Waals surface area contributed by atoms with Crippen LogP contribution in [0.1, 0.15) is 30.9 Å². The van der Waals surface area contributed by atoms with E-state index in [2.05, 4.69) is 5.32 Å². The summed E-state index contributed by atoms with van der Waals surface area (Å²) in [6.07, 6.45) is 1.41. The second-order valence-corrected chi connectivity index (χ2v) is 6.74. The van der Waals surface area contributed by atoms with Crippen LogP contribution in [0.2, 0.25) is 0 Å². The highest BCUT2D eigenvalue weighted by Crippen LogP contribution is 2.23. The lowest BCUT2D eigenvalue weighted by atomic mass is 10.1. The molecule has 3 aromatic rings.